The Morgan fingerprint density at radius 2 is 1.72 bits per heavy atom. The van der Waals surface area contributed by atoms with Gasteiger partial charge in [0.2, 0.25) is 5.88 Å². The van der Waals surface area contributed by atoms with Gasteiger partial charge in [0.25, 0.3) is 12.0 Å². The van der Waals surface area contributed by atoms with Gasteiger partial charge < -0.3 is 14.0 Å². The van der Waals surface area contributed by atoms with Crippen molar-refractivity contribution >= 4 is 22.1 Å². The van der Waals surface area contributed by atoms with E-state index in [1.807, 2.05) is 7.05 Å². The van der Waals surface area contributed by atoms with Crippen LogP contribution < -0.4 is 15.0 Å². The van der Waals surface area contributed by atoms with Crippen LogP contribution >= 0.6 is 0 Å². The predicted octanol–water partition coefficient (Wildman–Crippen LogP) is 4.58. The molecule has 0 atom stereocenters. The van der Waals surface area contributed by atoms with Crippen LogP contribution in [-0.4, -0.2) is 44.0 Å². The lowest BCUT2D eigenvalue weighted by atomic mass is 10.1. The molecule has 8 nitrogen and oxygen atoms in total. The van der Waals surface area contributed by atoms with Crippen molar-refractivity contribution in [1.29, 1.82) is 0 Å². The number of hydrogen-bond donors (Lipinski definition) is 0. The van der Waals surface area contributed by atoms with E-state index in [-0.39, 0.29) is 28.2 Å². The van der Waals surface area contributed by atoms with E-state index >= 15 is 0 Å². The number of benzene rings is 2. The lowest BCUT2D eigenvalue weighted by molar-refractivity contribution is -0.0498. The summed E-state index contributed by atoms with van der Waals surface area (Å²) in [5, 5.41) is 4.43. The van der Waals surface area contributed by atoms with Gasteiger partial charge in [-0.2, -0.15) is 18.6 Å². The van der Waals surface area contributed by atoms with Crippen molar-refractivity contribution in [3.63, 3.8) is 0 Å². The molecule has 0 radical (unpaired) electrons. The van der Waals surface area contributed by atoms with Gasteiger partial charge in [-0.3, -0.25) is 4.79 Å². The number of aromatic nitrogens is 5. The molecule has 0 N–H and O–H groups in total. The molecular formula is C24H17F4N5O3. The molecule has 0 aliphatic rings. The van der Waals surface area contributed by atoms with Gasteiger partial charge in [0, 0.05) is 13.1 Å². The lowest BCUT2D eigenvalue weighted by Gasteiger charge is -2.13. The van der Waals surface area contributed by atoms with Gasteiger partial charge in [-0.15, -0.1) is 0 Å². The number of fused-ring (bicyclic) bond motifs is 2. The van der Waals surface area contributed by atoms with Crippen molar-refractivity contribution in [2.45, 2.75) is 13.0 Å². The number of nitrogens with zero attached hydrogens (tertiary/aromatic N) is 5. The molecule has 12 heteroatoms. The van der Waals surface area contributed by atoms with Gasteiger partial charge >= 0.3 is 6.61 Å². The molecular weight excluding hydrogens is 482 g/mol. The maximum Gasteiger partial charge on any atom is 0.387 e. The topological polar surface area (TPSA) is 84.1 Å². The van der Waals surface area contributed by atoms with Crippen LogP contribution in [0, 0.1) is 0 Å². The molecule has 0 spiro atoms. The quantitative estimate of drug-likeness (QED) is 0.305. The van der Waals surface area contributed by atoms with Gasteiger partial charge in [-0.1, -0.05) is 12.1 Å². The average molecular weight is 499 g/mol. The molecule has 0 bridgehead atoms. The standard InChI is InChI=1S/C24H17F4N5O3/c1-32-12-29-16-7-4-14(10-18(16)32)33-23(34)21(13-2-5-15(6-3-13)36-24(27)28)22-17(31-33)8-9-20(30-22)35-11-19(25)26/h2-10,12,19,24H,11H2,1H3. The average Bonchev–Trinajstić information content (AvgIpc) is 3.22. The van der Waals surface area contributed by atoms with E-state index in [1.165, 1.54) is 41.1 Å². The van der Waals surface area contributed by atoms with E-state index in [2.05, 4.69) is 19.8 Å². The number of pyridine rings is 1. The van der Waals surface area contributed by atoms with E-state index in [1.54, 1.807) is 29.1 Å². The van der Waals surface area contributed by atoms with Crippen LogP contribution in [0.5, 0.6) is 11.6 Å². The minimum Gasteiger partial charge on any atom is -0.472 e. The van der Waals surface area contributed by atoms with E-state index < -0.39 is 25.2 Å². The monoisotopic (exact) mass is 499 g/mol. The van der Waals surface area contributed by atoms with Crippen molar-refractivity contribution in [3.8, 4) is 28.4 Å². The highest BCUT2D eigenvalue weighted by atomic mass is 19.3. The van der Waals surface area contributed by atoms with Crippen LogP contribution in [0.3, 0.4) is 0 Å². The summed E-state index contributed by atoms with van der Waals surface area (Å²) in [7, 11) is 1.81. The maximum absolute atomic E-state index is 13.7. The van der Waals surface area contributed by atoms with E-state index in [0.717, 1.165) is 11.0 Å². The van der Waals surface area contributed by atoms with Crippen molar-refractivity contribution in [1.82, 2.24) is 24.3 Å². The summed E-state index contributed by atoms with van der Waals surface area (Å²) in [4.78, 5) is 22.2. The Morgan fingerprint density at radius 1 is 0.972 bits per heavy atom. The molecule has 36 heavy (non-hydrogen) atoms. The molecule has 5 aromatic rings. The Kier molecular flexibility index (Phi) is 6.00. The predicted molar refractivity (Wildman–Crippen MR) is 123 cm³/mol. The number of aryl methyl sites for hydroxylation is 1. The lowest BCUT2D eigenvalue weighted by Crippen LogP contribution is -2.24. The summed E-state index contributed by atoms with van der Waals surface area (Å²) < 4.78 is 62.8. The number of ether oxygens (including phenoxy) is 2. The first-order valence-electron chi connectivity index (χ1n) is 10.6. The fourth-order valence-corrected chi connectivity index (χ4v) is 3.77. The minimum absolute atomic E-state index is 0.0798. The Bertz CT molecular complexity index is 1620. The van der Waals surface area contributed by atoms with Crippen LogP contribution in [0.1, 0.15) is 0 Å². The Balaban J connectivity index is 1.71. The molecule has 0 saturated carbocycles. The van der Waals surface area contributed by atoms with Gasteiger partial charge in [0.05, 0.1) is 28.6 Å². The highest BCUT2D eigenvalue weighted by molar-refractivity contribution is 5.91. The second-order valence-electron chi connectivity index (χ2n) is 7.74. The minimum atomic E-state index is -3.01. The fraction of sp³-hybridized carbons (Fsp3) is 0.167. The normalized spacial score (nSPS) is 11.6. The Labute approximate surface area is 200 Å². The molecule has 0 aliphatic carbocycles. The van der Waals surface area contributed by atoms with Crippen LogP contribution in [0.4, 0.5) is 17.6 Å². The number of halogens is 4. The molecule has 184 valence electrons. The molecule has 2 aromatic carbocycles. The summed E-state index contributed by atoms with van der Waals surface area (Å²) in [5.41, 5.74) is 2.19. The zero-order valence-electron chi connectivity index (χ0n) is 18.6. The first kappa shape index (κ1) is 23.3. The SMILES string of the molecule is Cn1cnc2ccc(-n3nc4ccc(OCC(F)F)nc4c(-c4ccc(OC(F)F)cc4)c3=O)cc21. The van der Waals surface area contributed by atoms with Gasteiger partial charge in [0.15, 0.2) is 6.61 Å². The molecule has 0 aliphatic heterocycles. The van der Waals surface area contributed by atoms with Gasteiger partial charge in [0.1, 0.15) is 16.8 Å². The number of imidazole rings is 1. The Hall–Kier alpha value is -4.48. The van der Waals surface area contributed by atoms with Crippen molar-refractivity contribution < 1.29 is 27.0 Å². The smallest absolute Gasteiger partial charge is 0.387 e. The number of hydrogen-bond acceptors (Lipinski definition) is 6. The van der Waals surface area contributed by atoms with Crippen molar-refractivity contribution in [2.75, 3.05) is 6.61 Å². The first-order valence-corrected chi connectivity index (χ1v) is 10.6. The van der Waals surface area contributed by atoms with Gasteiger partial charge in [-0.05, 0) is 42.0 Å². The molecule has 0 amide bonds. The van der Waals surface area contributed by atoms with Crippen LogP contribution in [-0.2, 0) is 7.05 Å². The van der Waals surface area contributed by atoms with Crippen molar-refractivity contribution in [3.05, 3.63) is 71.3 Å². The third-order valence-corrected chi connectivity index (χ3v) is 5.38. The zero-order valence-corrected chi connectivity index (χ0v) is 18.6. The molecule has 0 unspecified atom stereocenters. The van der Waals surface area contributed by atoms with E-state index in [0.29, 0.717) is 11.3 Å². The van der Waals surface area contributed by atoms with Crippen LogP contribution in [0.15, 0.2) is 65.7 Å². The fourth-order valence-electron chi connectivity index (χ4n) is 3.77. The zero-order chi connectivity index (χ0) is 25.4. The summed E-state index contributed by atoms with van der Waals surface area (Å²) >= 11 is 0. The molecule has 3 aromatic heterocycles. The van der Waals surface area contributed by atoms with E-state index in [9.17, 15) is 22.4 Å². The molecule has 0 fully saturated rings. The Morgan fingerprint density at radius 3 is 2.44 bits per heavy atom. The third kappa shape index (κ3) is 4.44. The molecule has 5 rings (SSSR count). The van der Waals surface area contributed by atoms with Crippen LogP contribution in [0.2, 0.25) is 0 Å². The van der Waals surface area contributed by atoms with E-state index in [4.69, 9.17) is 4.74 Å². The van der Waals surface area contributed by atoms with Crippen LogP contribution in [0.25, 0.3) is 38.9 Å². The number of alkyl halides is 4. The summed E-state index contributed by atoms with van der Waals surface area (Å²) in [6.07, 6.45) is -1.07. The molecule has 0 saturated heterocycles. The number of rotatable bonds is 7. The van der Waals surface area contributed by atoms with Crippen molar-refractivity contribution in [2.24, 2.45) is 7.05 Å². The second-order valence-corrected chi connectivity index (χ2v) is 7.74. The summed E-state index contributed by atoms with van der Waals surface area (Å²) in [6.45, 7) is -3.88. The first-order chi connectivity index (χ1) is 17.3. The summed E-state index contributed by atoms with van der Waals surface area (Å²) in [6, 6.07) is 13.5. The van der Waals surface area contributed by atoms with Gasteiger partial charge in [-0.25, -0.2) is 18.7 Å². The third-order valence-electron chi connectivity index (χ3n) is 5.38. The second kappa shape index (κ2) is 9.29. The highest BCUT2D eigenvalue weighted by Crippen LogP contribution is 2.28. The maximum atomic E-state index is 13.7. The molecule has 3 heterocycles. The summed E-state index contributed by atoms with van der Waals surface area (Å²) in [5.74, 6) is -0.208. The highest BCUT2D eigenvalue weighted by Gasteiger charge is 2.18. The largest absolute Gasteiger partial charge is 0.472 e.